The summed E-state index contributed by atoms with van der Waals surface area (Å²) in [6, 6.07) is 3.93. The zero-order valence-corrected chi connectivity index (χ0v) is 21.5. The van der Waals surface area contributed by atoms with Crippen LogP contribution in [0.25, 0.3) is 0 Å². The Morgan fingerprint density at radius 2 is 1.68 bits per heavy atom. The second-order valence-electron chi connectivity index (χ2n) is 10.7. The van der Waals surface area contributed by atoms with E-state index < -0.39 is 33.9 Å². The second-order valence-corrected chi connectivity index (χ2v) is 12.6. The fourth-order valence-corrected chi connectivity index (χ4v) is 8.20. The third-order valence-electron chi connectivity index (χ3n) is 8.52. The van der Waals surface area contributed by atoms with Gasteiger partial charge in [-0.2, -0.15) is 30.2 Å². The lowest BCUT2D eigenvalue weighted by molar-refractivity contribution is -0.142. The number of carbonyl (C=O) groups excluding carboxylic acids is 2. The van der Waals surface area contributed by atoms with Gasteiger partial charge in [0.15, 0.2) is 0 Å². The van der Waals surface area contributed by atoms with E-state index in [-0.39, 0.29) is 30.4 Å². The average Bonchev–Trinajstić information content (AvgIpc) is 3.30. The molecule has 1 aromatic rings. The zero-order valence-electron chi connectivity index (χ0n) is 20.7. The van der Waals surface area contributed by atoms with Gasteiger partial charge in [-0.05, 0) is 69.1 Å². The van der Waals surface area contributed by atoms with Crippen molar-refractivity contribution in [2.24, 2.45) is 5.92 Å². The molecule has 1 N–H and O–H groups in total. The first-order valence-corrected chi connectivity index (χ1v) is 14.4. The van der Waals surface area contributed by atoms with Crippen LogP contribution in [0.2, 0.25) is 0 Å². The highest BCUT2D eigenvalue weighted by atomic mass is 32.2. The lowest BCUT2D eigenvalue weighted by Crippen LogP contribution is -2.68. The fraction of sp³-hybridized carbons (Fsp3) is 0.680. The molecule has 1 saturated carbocycles. The van der Waals surface area contributed by atoms with Crippen LogP contribution < -0.4 is 5.32 Å². The molecule has 5 rings (SSSR count). The molecule has 8 nitrogen and oxygen atoms in total. The second kappa shape index (κ2) is 9.85. The molecule has 204 valence electrons. The predicted octanol–water partition coefficient (Wildman–Crippen LogP) is 2.90. The molecular formula is C25H33F3N4O4S. The van der Waals surface area contributed by atoms with Crippen LogP contribution in [-0.2, 0) is 32.5 Å². The third kappa shape index (κ3) is 4.99. The van der Waals surface area contributed by atoms with Crippen LogP contribution in [0.1, 0.15) is 62.5 Å². The van der Waals surface area contributed by atoms with Crippen LogP contribution in [0.3, 0.4) is 0 Å². The summed E-state index contributed by atoms with van der Waals surface area (Å²) in [5.74, 6) is -1.04. The molecule has 1 spiro atoms. The molecule has 0 unspecified atom stereocenters. The topological polar surface area (TPSA) is 90.0 Å². The summed E-state index contributed by atoms with van der Waals surface area (Å²) in [4.78, 5) is 27.9. The van der Waals surface area contributed by atoms with Crippen molar-refractivity contribution >= 4 is 22.0 Å². The number of amides is 2. The normalized spacial score (nSPS) is 26.5. The van der Waals surface area contributed by atoms with E-state index in [4.69, 9.17) is 0 Å². The molecule has 4 aliphatic rings. The quantitative estimate of drug-likeness (QED) is 0.599. The van der Waals surface area contributed by atoms with Gasteiger partial charge in [-0.1, -0.05) is 12.1 Å². The Bertz CT molecular complexity index is 1130. The highest BCUT2D eigenvalue weighted by Gasteiger charge is 2.56. The Balaban J connectivity index is 1.18. The van der Waals surface area contributed by atoms with Crippen molar-refractivity contribution < 1.29 is 31.2 Å². The van der Waals surface area contributed by atoms with Crippen molar-refractivity contribution in [2.45, 2.75) is 75.7 Å². The average molecular weight is 543 g/mol. The van der Waals surface area contributed by atoms with Gasteiger partial charge in [0.1, 0.15) is 6.04 Å². The largest absolute Gasteiger partial charge is 0.416 e. The lowest BCUT2D eigenvalue weighted by atomic mass is 9.70. The van der Waals surface area contributed by atoms with Gasteiger partial charge in [0, 0.05) is 38.3 Å². The molecular weight excluding hydrogens is 509 g/mol. The van der Waals surface area contributed by atoms with Gasteiger partial charge in [-0.15, -0.1) is 0 Å². The van der Waals surface area contributed by atoms with Gasteiger partial charge in [0.25, 0.3) is 10.2 Å². The maximum atomic E-state index is 13.4. The third-order valence-corrected chi connectivity index (χ3v) is 10.6. The molecule has 2 amide bonds. The Kier molecular flexibility index (Phi) is 7.03. The van der Waals surface area contributed by atoms with Gasteiger partial charge < -0.3 is 10.2 Å². The van der Waals surface area contributed by atoms with E-state index in [1.807, 2.05) is 0 Å². The van der Waals surface area contributed by atoms with E-state index in [0.717, 1.165) is 37.8 Å². The van der Waals surface area contributed by atoms with Crippen molar-refractivity contribution in [2.75, 3.05) is 26.2 Å². The Labute approximate surface area is 215 Å². The van der Waals surface area contributed by atoms with E-state index in [1.54, 1.807) is 9.21 Å². The summed E-state index contributed by atoms with van der Waals surface area (Å²) < 4.78 is 68.1. The van der Waals surface area contributed by atoms with E-state index in [9.17, 15) is 31.2 Å². The zero-order chi connectivity index (χ0) is 26.4. The van der Waals surface area contributed by atoms with Crippen molar-refractivity contribution in [3.63, 3.8) is 0 Å². The Morgan fingerprint density at radius 3 is 2.27 bits per heavy atom. The molecule has 3 heterocycles. The molecule has 0 aromatic heterocycles. The Morgan fingerprint density at radius 1 is 0.973 bits per heavy atom. The van der Waals surface area contributed by atoms with E-state index >= 15 is 0 Å². The maximum absolute atomic E-state index is 13.4. The molecule has 4 fully saturated rings. The monoisotopic (exact) mass is 542 g/mol. The maximum Gasteiger partial charge on any atom is 0.416 e. The minimum atomic E-state index is -4.42. The Hall–Kier alpha value is -2.18. The number of carbonyl (C=O) groups is 2. The van der Waals surface area contributed by atoms with Crippen molar-refractivity contribution in [3.05, 3.63) is 35.4 Å². The number of hydrogen-bond acceptors (Lipinski definition) is 4. The smallest absolute Gasteiger partial charge is 0.350 e. The number of likely N-dealkylation sites (tertiary alicyclic amines) is 1. The summed E-state index contributed by atoms with van der Waals surface area (Å²) >= 11 is 0. The van der Waals surface area contributed by atoms with Crippen LogP contribution in [0.4, 0.5) is 13.2 Å². The minimum Gasteiger partial charge on any atom is -0.350 e. The molecule has 1 aromatic carbocycles. The van der Waals surface area contributed by atoms with Crippen LogP contribution in [0, 0.1) is 5.92 Å². The first-order valence-electron chi connectivity index (χ1n) is 13.0. The summed E-state index contributed by atoms with van der Waals surface area (Å²) in [5.41, 5.74) is -0.433. The number of piperidine rings is 1. The molecule has 3 aliphatic heterocycles. The number of benzene rings is 1. The molecule has 0 radical (unpaired) electrons. The predicted molar refractivity (Wildman–Crippen MR) is 129 cm³/mol. The lowest BCUT2D eigenvalue weighted by Gasteiger charge is -2.58. The van der Waals surface area contributed by atoms with Crippen molar-refractivity contribution in [3.8, 4) is 0 Å². The number of halogens is 3. The fourth-order valence-electron chi connectivity index (χ4n) is 6.11. The van der Waals surface area contributed by atoms with Crippen molar-refractivity contribution in [1.29, 1.82) is 0 Å². The van der Waals surface area contributed by atoms with Crippen LogP contribution in [-0.4, -0.2) is 71.5 Å². The number of alkyl halides is 3. The molecule has 2 atom stereocenters. The van der Waals surface area contributed by atoms with Gasteiger partial charge in [0.2, 0.25) is 11.8 Å². The molecule has 12 heteroatoms. The van der Waals surface area contributed by atoms with Crippen LogP contribution >= 0.6 is 0 Å². The first kappa shape index (κ1) is 26.4. The molecule has 1 aliphatic carbocycles. The highest BCUT2D eigenvalue weighted by Crippen LogP contribution is 2.49. The van der Waals surface area contributed by atoms with Crippen LogP contribution in [0.15, 0.2) is 24.3 Å². The van der Waals surface area contributed by atoms with Crippen molar-refractivity contribution in [1.82, 2.24) is 18.8 Å². The van der Waals surface area contributed by atoms with E-state index in [0.29, 0.717) is 50.9 Å². The summed E-state index contributed by atoms with van der Waals surface area (Å²) in [6.45, 7) is 1.54. The first-order chi connectivity index (χ1) is 17.5. The van der Waals surface area contributed by atoms with Gasteiger partial charge in [0.05, 0.1) is 11.5 Å². The minimum absolute atomic E-state index is 0.0581. The number of rotatable bonds is 6. The summed E-state index contributed by atoms with van der Waals surface area (Å²) in [5, 5.41) is 2.74. The molecule has 0 bridgehead atoms. The van der Waals surface area contributed by atoms with E-state index in [2.05, 4.69) is 5.32 Å². The van der Waals surface area contributed by atoms with Gasteiger partial charge in [-0.3, -0.25) is 9.59 Å². The van der Waals surface area contributed by atoms with Crippen LogP contribution in [0.5, 0.6) is 0 Å². The summed E-state index contributed by atoms with van der Waals surface area (Å²) in [6.07, 6.45) is 1.66. The standard InChI is InChI=1S/C25H33F3N4O4S/c26-25(27,28)20-8-6-18(7-9-20)16-29-22(33)21-5-2-14-31(21)23(34)19-4-1-13-30(17-19)37(35,36)32-15-12-24(32)10-3-11-24/h6-9,19,21H,1-5,10-17H2,(H,29,33)/t19-,21+/m0/s1. The highest BCUT2D eigenvalue weighted by molar-refractivity contribution is 7.86. The number of nitrogens with one attached hydrogen (secondary N) is 1. The molecule has 3 saturated heterocycles. The number of hydrogen-bond donors (Lipinski definition) is 1. The van der Waals surface area contributed by atoms with E-state index in [1.165, 1.54) is 16.4 Å². The van der Waals surface area contributed by atoms with Gasteiger partial charge >= 0.3 is 6.18 Å². The molecule has 37 heavy (non-hydrogen) atoms. The van der Waals surface area contributed by atoms with Gasteiger partial charge in [-0.25, -0.2) is 0 Å². The summed E-state index contributed by atoms with van der Waals surface area (Å²) in [7, 11) is -3.62. The SMILES string of the molecule is O=C(NCc1ccc(C(F)(F)F)cc1)[C@H]1CCCN1C(=O)[C@H]1CCCN(S(=O)(=O)N2CCC23CCC3)C1. The number of nitrogens with zero attached hydrogens (tertiary/aromatic N) is 3.